The van der Waals surface area contributed by atoms with Crippen molar-refractivity contribution in [2.45, 2.75) is 52.0 Å². The average molecular weight is 325 g/mol. The summed E-state index contributed by atoms with van der Waals surface area (Å²) in [5, 5.41) is 0. The summed E-state index contributed by atoms with van der Waals surface area (Å²) in [6, 6.07) is 8.99. The molecule has 0 spiro atoms. The number of benzene rings is 1. The Morgan fingerprint density at radius 2 is 2.00 bits per heavy atom. The number of amides is 1. The molecule has 0 saturated carbocycles. The fraction of sp³-hybridized carbons (Fsp3) is 0.611. The molecule has 1 amide bonds. The molecule has 0 radical (unpaired) electrons. The zero-order chi connectivity index (χ0) is 15.4. The van der Waals surface area contributed by atoms with Gasteiger partial charge in [0, 0.05) is 19.0 Å². The van der Waals surface area contributed by atoms with Gasteiger partial charge in [-0.2, -0.15) is 0 Å². The molecule has 0 aromatic heterocycles. The summed E-state index contributed by atoms with van der Waals surface area (Å²) in [5.74, 6) is 1.01. The van der Waals surface area contributed by atoms with Crippen LogP contribution in [0.4, 0.5) is 0 Å². The van der Waals surface area contributed by atoms with Gasteiger partial charge in [-0.3, -0.25) is 4.79 Å². The third-order valence-corrected chi connectivity index (χ3v) is 4.75. The van der Waals surface area contributed by atoms with Crippen molar-refractivity contribution in [3.05, 3.63) is 35.4 Å². The third kappa shape index (κ3) is 4.47. The van der Waals surface area contributed by atoms with Crippen molar-refractivity contribution in [3.63, 3.8) is 0 Å². The van der Waals surface area contributed by atoms with Gasteiger partial charge in [0.25, 0.3) is 0 Å². The maximum atomic E-state index is 12.5. The van der Waals surface area contributed by atoms with E-state index in [0.29, 0.717) is 24.9 Å². The molecule has 1 aromatic carbocycles. The topological polar surface area (TPSA) is 46.3 Å². The first-order valence-corrected chi connectivity index (χ1v) is 8.13. The fourth-order valence-electron chi connectivity index (χ4n) is 3.24. The van der Waals surface area contributed by atoms with Gasteiger partial charge < -0.3 is 10.6 Å². The van der Waals surface area contributed by atoms with Crippen LogP contribution in [0.5, 0.6) is 0 Å². The summed E-state index contributed by atoms with van der Waals surface area (Å²) in [5.41, 5.74) is 8.34. The minimum absolute atomic E-state index is 0. The number of rotatable bonds is 5. The Hall–Kier alpha value is -1.06. The summed E-state index contributed by atoms with van der Waals surface area (Å²) in [6.45, 7) is 7.94. The van der Waals surface area contributed by atoms with Crippen molar-refractivity contribution in [2.75, 3.05) is 13.1 Å². The highest BCUT2D eigenvalue weighted by atomic mass is 35.5. The number of likely N-dealkylation sites (tertiary alicyclic amines) is 1. The number of nitrogens with two attached hydrogens (primary N) is 1. The van der Waals surface area contributed by atoms with E-state index in [-0.39, 0.29) is 24.2 Å². The van der Waals surface area contributed by atoms with Crippen LogP contribution in [0.2, 0.25) is 0 Å². The van der Waals surface area contributed by atoms with Crippen LogP contribution in [-0.4, -0.2) is 29.9 Å². The number of carbonyl (C=O) groups is 1. The van der Waals surface area contributed by atoms with E-state index < -0.39 is 0 Å². The summed E-state index contributed by atoms with van der Waals surface area (Å²) in [4.78, 5) is 14.5. The van der Waals surface area contributed by atoms with Gasteiger partial charge in [-0.25, -0.2) is 0 Å². The van der Waals surface area contributed by atoms with E-state index in [2.05, 4.69) is 45.0 Å². The summed E-state index contributed by atoms with van der Waals surface area (Å²) >= 11 is 0. The van der Waals surface area contributed by atoms with E-state index in [1.54, 1.807) is 0 Å². The van der Waals surface area contributed by atoms with Crippen LogP contribution in [-0.2, 0) is 11.2 Å². The first-order chi connectivity index (χ1) is 10.0. The molecule has 2 rings (SSSR count). The van der Waals surface area contributed by atoms with Crippen LogP contribution in [0.3, 0.4) is 0 Å². The van der Waals surface area contributed by atoms with E-state index >= 15 is 0 Å². The van der Waals surface area contributed by atoms with Crippen LogP contribution in [0, 0.1) is 5.92 Å². The fourth-order valence-corrected chi connectivity index (χ4v) is 3.24. The molecule has 1 aromatic rings. The van der Waals surface area contributed by atoms with Gasteiger partial charge in [0.1, 0.15) is 0 Å². The van der Waals surface area contributed by atoms with Crippen molar-refractivity contribution in [1.29, 1.82) is 0 Å². The lowest BCUT2D eigenvalue weighted by molar-refractivity contribution is -0.132. The number of aryl methyl sites for hydroxylation is 1. The van der Waals surface area contributed by atoms with Gasteiger partial charge >= 0.3 is 0 Å². The molecule has 3 unspecified atom stereocenters. The zero-order valence-corrected chi connectivity index (χ0v) is 14.7. The van der Waals surface area contributed by atoms with Gasteiger partial charge in [-0.15, -0.1) is 12.4 Å². The normalized spacial score (nSPS) is 22.3. The highest BCUT2D eigenvalue weighted by Gasteiger charge is 2.31. The van der Waals surface area contributed by atoms with Crippen molar-refractivity contribution >= 4 is 18.3 Å². The Labute approximate surface area is 140 Å². The molecule has 1 heterocycles. The predicted molar refractivity (Wildman–Crippen MR) is 94.4 cm³/mol. The third-order valence-electron chi connectivity index (χ3n) is 4.75. The van der Waals surface area contributed by atoms with Crippen molar-refractivity contribution < 1.29 is 4.79 Å². The molecule has 3 nitrogen and oxygen atoms in total. The molecule has 124 valence electrons. The molecule has 1 saturated heterocycles. The quantitative estimate of drug-likeness (QED) is 0.902. The second-order valence-electron chi connectivity index (χ2n) is 6.43. The van der Waals surface area contributed by atoms with Crippen LogP contribution in [0.1, 0.15) is 50.7 Å². The Bertz CT molecular complexity index is 474. The smallest absolute Gasteiger partial charge is 0.223 e. The SMILES string of the molecule is CCc1ccc(C(C)CC(=O)N2CC(CN)CC2C)cc1.Cl. The van der Waals surface area contributed by atoms with Crippen LogP contribution in [0.15, 0.2) is 24.3 Å². The zero-order valence-electron chi connectivity index (χ0n) is 13.9. The van der Waals surface area contributed by atoms with Gasteiger partial charge in [0.2, 0.25) is 5.91 Å². The Balaban J connectivity index is 0.00000242. The molecule has 22 heavy (non-hydrogen) atoms. The standard InChI is InChI=1S/C18H28N2O.ClH/c1-4-15-5-7-17(8-6-15)13(2)9-18(21)20-12-16(11-19)10-14(20)3;/h5-8,13-14,16H,4,9-12,19H2,1-3H3;1H. The van der Waals surface area contributed by atoms with Crippen molar-refractivity contribution in [3.8, 4) is 0 Å². The summed E-state index contributed by atoms with van der Waals surface area (Å²) in [7, 11) is 0. The van der Waals surface area contributed by atoms with Crippen LogP contribution in [0.25, 0.3) is 0 Å². The Kier molecular flexibility index (Phi) is 7.37. The van der Waals surface area contributed by atoms with Gasteiger partial charge in [0.15, 0.2) is 0 Å². The molecular formula is C18H29ClN2O. The number of hydrogen-bond acceptors (Lipinski definition) is 2. The minimum atomic E-state index is 0. The Morgan fingerprint density at radius 3 is 2.50 bits per heavy atom. The average Bonchev–Trinajstić information content (AvgIpc) is 2.88. The molecule has 0 bridgehead atoms. The molecule has 0 aliphatic carbocycles. The summed E-state index contributed by atoms with van der Waals surface area (Å²) in [6.07, 6.45) is 2.69. The highest BCUT2D eigenvalue weighted by Crippen LogP contribution is 2.26. The molecule has 1 fully saturated rings. The van der Waals surface area contributed by atoms with E-state index in [4.69, 9.17) is 5.73 Å². The van der Waals surface area contributed by atoms with Crippen LogP contribution < -0.4 is 5.73 Å². The van der Waals surface area contributed by atoms with Crippen molar-refractivity contribution in [1.82, 2.24) is 4.90 Å². The lowest BCUT2D eigenvalue weighted by Crippen LogP contribution is -2.35. The number of nitrogens with zero attached hydrogens (tertiary/aromatic N) is 1. The molecule has 4 heteroatoms. The minimum Gasteiger partial charge on any atom is -0.340 e. The predicted octanol–water partition coefficient (Wildman–Crippen LogP) is 3.36. The van der Waals surface area contributed by atoms with Gasteiger partial charge in [-0.05, 0) is 49.3 Å². The second kappa shape index (κ2) is 8.54. The van der Waals surface area contributed by atoms with E-state index in [1.807, 2.05) is 4.90 Å². The Morgan fingerprint density at radius 1 is 1.36 bits per heavy atom. The monoisotopic (exact) mass is 324 g/mol. The first kappa shape index (κ1) is 19.0. The first-order valence-electron chi connectivity index (χ1n) is 8.13. The second-order valence-corrected chi connectivity index (χ2v) is 6.43. The number of carbonyl (C=O) groups excluding carboxylic acids is 1. The van der Waals surface area contributed by atoms with E-state index in [9.17, 15) is 4.79 Å². The van der Waals surface area contributed by atoms with Crippen LogP contribution >= 0.6 is 12.4 Å². The molecule has 1 aliphatic rings. The van der Waals surface area contributed by atoms with E-state index in [1.165, 1.54) is 11.1 Å². The van der Waals surface area contributed by atoms with Gasteiger partial charge in [0.05, 0.1) is 0 Å². The highest BCUT2D eigenvalue weighted by molar-refractivity contribution is 5.85. The van der Waals surface area contributed by atoms with Crippen molar-refractivity contribution in [2.24, 2.45) is 11.7 Å². The number of hydrogen-bond donors (Lipinski definition) is 1. The largest absolute Gasteiger partial charge is 0.340 e. The molecular weight excluding hydrogens is 296 g/mol. The lowest BCUT2D eigenvalue weighted by atomic mass is 9.95. The maximum absolute atomic E-state index is 12.5. The maximum Gasteiger partial charge on any atom is 0.223 e. The number of halogens is 1. The van der Waals surface area contributed by atoms with Gasteiger partial charge in [-0.1, -0.05) is 38.1 Å². The lowest BCUT2D eigenvalue weighted by Gasteiger charge is -2.23. The molecule has 1 aliphatic heterocycles. The van der Waals surface area contributed by atoms with E-state index in [0.717, 1.165) is 19.4 Å². The summed E-state index contributed by atoms with van der Waals surface area (Å²) < 4.78 is 0. The molecule has 2 N–H and O–H groups in total. The molecule has 3 atom stereocenters.